The Hall–Kier alpha value is -3.21. The number of piperazine rings is 1. The van der Waals surface area contributed by atoms with Crippen LogP contribution in [0.4, 0.5) is 10.1 Å². The van der Waals surface area contributed by atoms with Gasteiger partial charge in [-0.3, -0.25) is 9.59 Å². The van der Waals surface area contributed by atoms with Gasteiger partial charge in [-0.25, -0.2) is 4.39 Å². The molecule has 5 heteroatoms. The predicted octanol–water partition coefficient (Wildman–Crippen LogP) is 3.86. The molecule has 4 rings (SSSR count). The van der Waals surface area contributed by atoms with E-state index in [1.54, 1.807) is 16.7 Å². The van der Waals surface area contributed by atoms with Gasteiger partial charge in [-0.15, -0.1) is 0 Å². The highest BCUT2D eigenvalue weighted by molar-refractivity contribution is 6.08. The van der Waals surface area contributed by atoms with Crippen molar-refractivity contribution in [1.29, 1.82) is 0 Å². The molecule has 1 aliphatic heterocycles. The smallest absolute Gasteiger partial charge is 0.254 e. The maximum atomic E-state index is 13.1. The monoisotopic (exact) mass is 362 g/mol. The van der Waals surface area contributed by atoms with Crippen LogP contribution < -0.4 is 4.90 Å². The van der Waals surface area contributed by atoms with E-state index in [4.69, 9.17) is 0 Å². The van der Waals surface area contributed by atoms with E-state index in [0.29, 0.717) is 18.7 Å². The van der Waals surface area contributed by atoms with Crippen molar-refractivity contribution in [3.05, 3.63) is 78.1 Å². The van der Waals surface area contributed by atoms with Crippen LogP contribution in [-0.2, 0) is 4.79 Å². The molecule has 0 saturated carbocycles. The molecule has 3 aromatic carbocycles. The highest BCUT2D eigenvalue weighted by atomic mass is 19.1. The van der Waals surface area contributed by atoms with Crippen molar-refractivity contribution in [2.24, 2.45) is 0 Å². The second-order valence-corrected chi connectivity index (χ2v) is 6.67. The summed E-state index contributed by atoms with van der Waals surface area (Å²) in [5, 5.41) is 2.08. The minimum Gasteiger partial charge on any atom is -0.325 e. The molecular formula is C22H19FN2O2. The third-order valence-corrected chi connectivity index (χ3v) is 5.06. The van der Waals surface area contributed by atoms with Crippen LogP contribution in [0.3, 0.4) is 0 Å². The van der Waals surface area contributed by atoms with E-state index < -0.39 is 11.9 Å². The van der Waals surface area contributed by atoms with E-state index in [-0.39, 0.29) is 11.8 Å². The molecule has 1 saturated heterocycles. The Morgan fingerprint density at radius 3 is 2.44 bits per heavy atom. The fraction of sp³-hybridized carbons (Fsp3) is 0.182. The summed E-state index contributed by atoms with van der Waals surface area (Å²) in [5.41, 5.74) is 1.24. The lowest BCUT2D eigenvalue weighted by molar-refractivity contribution is -0.124. The average molecular weight is 362 g/mol. The molecule has 1 fully saturated rings. The molecule has 2 amide bonds. The molecule has 27 heavy (non-hydrogen) atoms. The van der Waals surface area contributed by atoms with Gasteiger partial charge in [0.1, 0.15) is 11.9 Å². The number of benzene rings is 3. The second-order valence-electron chi connectivity index (χ2n) is 6.67. The lowest BCUT2D eigenvalue weighted by atomic mass is 10.0. The molecule has 1 aliphatic rings. The summed E-state index contributed by atoms with van der Waals surface area (Å²) in [6.07, 6.45) is 0. The molecule has 4 nitrogen and oxygen atoms in total. The fourth-order valence-corrected chi connectivity index (χ4v) is 3.59. The Kier molecular flexibility index (Phi) is 4.36. The van der Waals surface area contributed by atoms with Crippen molar-refractivity contribution < 1.29 is 14.0 Å². The van der Waals surface area contributed by atoms with E-state index in [1.165, 1.54) is 24.3 Å². The van der Waals surface area contributed by atoms with Crippen LogP contribution in [0.5, 0.6) is 0 Å². The van der Waals surface area contributed by atoms with Crippen molar-refractivity contribution in [3.8, 4) is 0 Å². The zero-order chi connectivity index (χ0) is 19.0. The second kappa shape index (κ2) is 6.83. The van der Waals surface area contributed by atoms with Gasteiger partial charge in [-0.05, 0) is 42.6 Å². The molecule has 3 aromatic rings. The number of anilines is 1. The molecule has 0 bridgehead atoms. The summed E-state index contributed by atoms with van der Waals surface area (Å²) >= 11 is 0. The molecule has 0 N–H and O–H groups in total. The molecule has 136 valence electrons. The molecule has 0 spiro atoms. The summed E-state index contributed by atoms with van der Waals surface area (Å²) < 4.78 is 13.1. The van der Waals surface area contributed by atoms with E-state index in [9.17, 15) is 14.0 Å². The summed E-state index contributed by atoms with van der Waals surface area (Å²) in [7, 11) is 0. The zero-order valence-corrected chi connectivity index (χ0v) is 14.9. The van der Waals surface area contributed by atoms with E-state index in [0.717, 1.165) is 16.5 Å². The van der Waals surface area contributed by atoms with Gasteiger partial charge in [0, 0.05) is 24.0 Å². The van der Waals surface area contributed by atoms with Crippen molar-refractivity contribution in [2.45, 2.75) is 13.0 Å². The van der Waals surface area contributed by atoms with Gasteiger partial charge in [0.15, 0.2) is 0 Å². The Labute approximate surface area is 156 Å². The largest absolute Gasteiger partial charge is 0.325 e. The number of hydrogen-bond acceptors (Lipinski definition) is 2. The summed E-state index contributed by atoms with van der Waals surface area (Å²) in [4.78, 5) is 29.1. The van der Waals surface area contributed by atoms with Gasteiger partial charge in [-0.1, -0.05) is 36.4 Å². The first-order valence-electron chi connectivity index (χ1n) is 8.92. The number of amides is 2. The summed E-state index contributed by atoms with van der Waals surface area (Å²) in [6.45, 7) is 2.58. The fourth-order valence-electron chi connectivity index (χ4n) is 3.59. The molecular weight excluding hydrogens is 343 g/mol. The van der Waals surface area contributed by atoms with Crippen LogP contribution in [0, 0.1) is 5.82 Å². The van der Waals surface area contributed by atoms with Crippen LogP contribution in [0.15, 0.2) is 66.7 Å². The number of carbonyl (C=O) groups is 2. The van der Waals surface area contributed by atoms with Gasteiger partial charge in [0.2, 0.25) is 5.91 Å². The van der Waals surface area contributed by atoms with Gasteiger partial charge < -0.3 is 9.80 Å². The van der Waals surface area contributed by atoms with Crippen molar-refractivity contribution >= 4 is 28.3 Å². The predicted molar refractivity (Wildman–Crippen MR) is 103 cm³/mol. The number of hydrogen-bond donors (Lipinski definition) is 0. The van der Waals surface area contributed by atoms with Crippen LogP contribution in [-0.4, -0.2) is 35.8 Å². The molecule has 0 aliphatic carbocycles. The Morgan fingerprint density at radius 1 is 0.963 bits per heavy atom. The minimum absolute atomic E-state index is 0.118. The summed E-state index contributed by atoms with van der Waals surface area (Å²) in [6, 6.07) is 18.6. The third kappa shape index (κ3) is 3.05. The standard InChI is InChI=1S/C22H19FN2O2/c1-15-21(26)25(20-8-4-6-16-5-2-3-7-19(16)20)14-13-24(15)22(27)17-9-11-18(23)12-10-17/h2-12,15H,13-14H2,1H3. The Balaban J connectivity index is 1.61. The number of carbonyl (C=O) groups excluding carboxylic acids is 2. The lowest BCUT2D eigenvalue weighted by Gasteiger charge is -2.39. The number of fused-ring (bicyclic) bond motifs is 1. The minimum atomic E-state index is -0.588. The third-order valence-electron chi connectivity index (χ3n) is 5.06. The molecule has 0 aromatic heterocycles. The van der Waals surface area contributed by atoms with Crippen LogP contribution >= 0.6 is 0 Å². The van der Waals surface area contributed by atoms with E-state index in [2.05, 4.69) is 0 Å². The topological polar surface area (TPSA) is 40.6 Å². The zero-order valence-electron chi connectivity index (χ0n) is 14.9. The first-order chi connectivity index (χ1) is 13.1. The van der Waals surface area contributed by atoms with E-state index >= 15 is 0 Å². The van der Waals surface area contributed by atoms with Gasteiger partial charge >= 0.3 is 0 Å². The molecule has 0 radical (unpaired) electrons. The van der Waals surface area contributed by atoms with Crippen LogP contribution in [0.1, 0.15) is 17.3 Å². The Bertz CT molecular complexity index is 1010. The quantitative estimate of drug-likeness (QED) is 0.695. The maximum Gasteiger partial charge on any atom is 0.254 e. The van der Waals surface area contributed by atoms with Crippen molar-refractivity contribution in [1.82, 2.24) is 4.90 Å². The maximum absolute atomic E-state index is 13.1. The van der Waals surface area contributed by atoms with Crippen LogP contribution in [0.25, 0.3) is 10.8 Å². The van der Waals surface area contributed by atoms with Gasteiger partial charge in [-0.2, -0.15) is 0 Å². The number of halogens is 1. The normalized spacial score (nSPS) is 17.4. The van der Waals surface area contributed by atoms with Crippen molar-refractivity contribution in [2.75, 3.05) is 18.0 Å². The van der Waals surface area contributed by atoms with E-state index in [1.807, 2.05) is 42.5 Å². The highest BCUT2D eigenvalue weighted by Crippen LogP contribution is 2.29. The van der Waals surface area contributed by atoms with Crippen molar-refractivity contribution in [3.63, 3.8) is 0 Å². The van der Waals surface area contributed by atoms with Gasteiger partial charge in [0.25, 0.3) is 5.91 Å². The Morgan fingerprint density at radius 2 is 1.67 bits per heavy atom. The molecule has 1 atom stereocenters. The highest BCUT2D eigenvalue weighted by Gasteiger charge is 2.35. The first-order valence-corrected chi connectivity index (χ1v) is 8.92. The van der Waals surface area contributed by atoms with Crippen LogP contribution in [0.2, 0.25) is 0 Å². The SMILES string of the molecule is CC1C(=O)N(c2cccc3ccccc23)CCN1C(=O)c1ccc(F)cc1. The van der Waals surface area contributed by atoms with Gasteiger partial charge in [0.05, 0.1) is 5.69 Å². The average Bonchev–Trinajstić information content (AvgIpc) is 2.70. The molecule has 1 heterocycles. The first kappa shape index (κ1) is 17.2. The number of nitrogens with zero attached hydrogens (tertiary/aromatic N) is 2. The lowest BCUT2D eigenvalue weighted by Crippen LogP contribution is -2.57. The summed E-state index contributed by atoms with van der Waals surface area (Å²) in [5.74, 6) is -0.766. The number of rotatable bonds is 2. The molecule has 1 unspecified atom stereocenters.